The molecule has 0 aliphatic carbocycles. The minimum atomic E-state index is -0.224. The van der Waals surface area contributed by atoms with E-state index in [1.807, 2.05) is 37.3 Å². The third kappa shape index (κ3) is 3.92. The average molecular weight is 269 g/mol. The first-order chi connectivity index (χ1) is 9.81. The minimum Gasteiger partial charge on any atom is -0.466 e. The predicted molar refractivity (Wildman–Crippen MR) is 78.4 cm³/mol. The first-order valence-corrected chi connectivity index (χ1v) is 6.91. The number of esters is 1. The highest BCUT2D eigenvalue weighted by atomic mass is 16.5. The third-order valence-electron chi connectivity index (χ3n) is 3.24. The molecule has 3 heteroatoms. The SMILES string of the molecule is CCOC(=O)[C@H](CCc1ccccc1)c1ccncc1. The molecule has 104 valence electrons. The second-order valence-electron chi connectivity index (χ2n) is 4.61. The van der Waals surface area contributed by atoms with E-state index in [2.05, 4.69) is 17.1 Å². The van der Waals surface area contributed by atoms with Crippen molar-refractivity contribution in [1.29, 1.82) is 0 Å². The van der Waals surface area contributed by atoms with Crippen LogP contribution >= 0.6 is 0 Å². The highest BCUT2D eigenvalue weighted by molar-refractivity contribution is 5.78. The number of aryl methyl sites for hydroxylation is 1. The van der Waals surface area contributed by atoms with E-state index in [4.69, 9.17) is 4.74 Å². The molecule has 1 aromatic heterocycles. The van der Waals surface area contributed by atoms with Gasteiger partial charge in [-0.2, -0.15) is 0 Å². The van der Waals surface area contributed by atoms with Gasteiger partial charge >= 0.3 is 5.97 Å². The summed E-state index contributed by atoms with van der Waals surface area (Å²) < 4.78 is 5.19. The molecule has 2 rings (SSSR count). The molecule has 0 saturated heterocycles. The van der Waals surface area contributed by atoms with Gasteiger partial charge in [-0.1, -0.05) is 30.3 Å². The number of nitrogens with zero attached hydrogens (tertiary/aromatic N) is 1. The van der Waals surface area contributed by atoms with Crippen LogP contribution in [0.1, 0.15) is 30.4 Å². The number of rotatable bonds is 6. The quantitative estimate of drug-likeness (QED) is 0.755. The van der Waals surface area contributed by atoms with Gasteiger partial charge in [0.1, 0.15) is 0 Å². The Hall–Kier alpha value is -2.16. The molecule has 0 amide bonds. The van der Waals surface area contributed by atoms with E-state index in [1.54, 1.807) is 12.4 Å². The Balaban J connectivity index is 2.09. The van der Waals surface area contributed by atoms with Crippen LogP contribution in [0.25, 0.3) is 0 Å². The lowest BCUT2D eigenvalue weighted by Gasteiger charge is -2.15. The number of carbonyl (C=O) groups excluding carboxylic acids is 1. The van der Waals surface area contributed by atoms with Crippen LogP contribution in [-0.4, -0.2) is 17.6 Å². The molecule has 0 N–H and O–H groups in total. The highest BCUT2D eigenvalue weighted by Crippen LogP contribution is 2.23. The van der Waals surface area contributed by atoms with Crippen molar-refractivity contribution in [1.82, 2.24) is 4.98 Å². The molecule has 1 aromatic carbocycles. The second-order valence-corrected chi connectivity index (χ2v) is 4.61. The van der Waals surface area contributed by atoms with Gasteiger partial charge in [-0.25, -0.2) is 0 Å². The minimum absolute atomic E-state index is 0.158. The van der Waals surface area contributed by atoms with Gasteiger partial charge in [-0.15, -0.1) is 0 Å². The van der Waals surface area contributed by atoms with Crippen LogP contribution in [0.4, 0.5) is 0 Å². The summed E-state index contributed by atoms with van der Waals surface area (Å²) in [7, 11) is 0. The number of aromatic nitrogens is 1. The molecule has 0 saturated carbocycles. The molecule has 0 aliphatic rings. The van der Waals surface area contributed by atoms with Crippen molar-refractivity contribution < 1.29 is 9.53 Å². The summed E-state index contributed by atoms with van der Waals surface area (Å²) in [5.41, 5.74) is 2.20. The monoisotopic (exact) mass is 269 g/mol. The molecular formula is C17H19NO2. The van der Waals surface area contributed by atoms with Crippen molar-refractivity contribution in [3.63, 3.8) is 0 Å². The second kappa shape index (κ2) is 7.43. The zero-order valence-corrected chi connectivity index (χ0v) is 11.7. The molecular weight excluding hydrogens is 250 g/mol. The number of ether oxygens (including phenoxy) is 1. The summed E-state index contributed by atoms with van der Waals surface area (Å²) >= 11 is 0. The van der Waals surface area contributed by atoms with Crippen LogP contribution in [0.3, 0.4) is 0 Å². The number of pyridine rings is 1. The highest BCUT2D eigenvalue weighted by Gasteiger charge is 2.21. The average Bonchev–Trinajstić information content (AvgIpc) is 2.50. The van der Waals surface area contributed by atoms with Crippen molar-refractivity contribution >= 4 is 5.97 Å². The summed E-state index contributed by atoms with van der Waals surface area (Å²) in [5, 5.41) is 0. The number of hydrogen-bond acceptors (Lipinski definition) is 3. The summed E-state index contributed by atoms with van der Waals surface area (Å²) in [5.74, 6) is -0.382. The van der Waals surface area contributed by atoms with Crippen LogP contribution in [-0.2, 0) is 16.0 Å². The molecule has 20 heavy (non-hydrogen) atoms. The molecule has 0 radical (unpaired) electrons. The number of carbonyl (C=O) groups is 1. The molecule has 0 fully saturated rings. The molecule has 0 aliphatic heterocycles. The molecule has 0 spiro atoms. The molecule has 0 unspecified atom stereocenters. The Morgan fingerprint density at radius 2 is 1.85 bits per heavy atom. The maximum absolute atomic E-state index is 12.1. The summed E-state index contributed by atoms with van der Waals surface area (Å²) in [6.07, 6.45) is 5.02. The lowest BCUT2D eigenvalue weighted by Crippen LogP contribution is -2.17. The predicted octanol–water partition coefficient (Wildman–Crippen LogP) is 3.36. The zero-order valence-electron chi connectivity index (χ0n) is 11.7. The van der Waals surface area contributed by atoms with Crippen molar-refractivity contribution in [3.05, 3.63) is 66.0 Å². The zero-order chi connectivity index (χ0) is 14.2. The lowest BCUT2D eigenvalue weighted by molar-refractivity contribution is -0.145. The van der Waals surface area contributed by atoms with Gasteiger partial charge in [0.2, 0.25) is 0 Å². The van der Waals surface area contributed by atoms with Gasteiger partial charge in [0.25, 0.3) is 0 Å². The standard InChI is InChI=1S/C17H19NO2/c1-2-20-17(19)16(15-10-12-18-13-11-15)9-8-14-6-4-3-5-7-14/h3-7,10-13,16H,2,8-9H2,1H3/t16-/m1/s1. The van der Waals surface area contributed by atoms with Crippen molar-refractivity contribution in [2.45, 2.75) is 25.7 Å². The van der Waals surface area contributed by atoms with E-state index in [-0.39, 0.29) is 11.9 Å². The maximum Gasteiger partial charge on any atom is 0.313 e. The molecule has 3 nitrogen and oxygen atoms in total. The summed E-state index contributed by atoms with van der Waals surface area (Å²) in [4.78, 5) is 16.1. The third-order valence-corrected chi connectivity index (χ3v) is 3.24. The van der Waals surface area contributed by atoms with E-state index >= 15 is 0 Å². The molecule has 0 bridgehead atoms. The smallest absolute Gasteiger partial charge is 0.313 e. The summed E-state index contributed by atoms with van der Waals surface area (Å²) in [6, 6.07) is 13.9. The van der Waals surface area contributed by atoms with Crippen molar-refractivity contribution in [2.75, 3.05) is 6.61 Å². The lowest BCUT2D eigenvalue weighted by atomic mass is 9.93. The topological polar surface area (TPSA) is 39.2 Å². The van der Waals surface area contributed by atoms with Crippen LogP contribution < -0.4 is 0 Å². The Morgan fingerprint density at radius 3 is 2.50 bits per heavy atom. The van der Waals surface area contributed by atoms with Gasteiger partial charge in [0.15, 0.2) is 0 Å². The van der Waals surface area contributed by atoms with Gasteiger partial charge in [0, 0.05) is 12.4 Å². The Kier molecular flexibility index (Phi) is 5.30. The van der Waals surface area contributed by atoms with E-state index in [0.29, 0.717) is 6.61 Å². The fraction of sp³-hybridized carbons (Fsp3) is 0.294. The largest absolute Gasteiger partial charge is 0.466 e. The molecule has 1 atom stereocenters. The molecule has 2 aromatic rings. The fourth-order valence-electron chi connectivity index (χ4n) is 2.21. The van der Waals surface area contributed by atoms with Crippen LogP contribution in [0.15, 0.2) is 54.9 Å². The van der Waals surface area contributed by atoms with Crippen molar-refractivity contribution in [2.24, 2.45) is 0 Å². The Bertz CT molecular complexity index is 525. The summed E-state index contributed by atoms with van der Waals surface area (Å²) in [6.45, 7) is 2.24. The molecule has 1 heterocycles. The first kappa shape index (κ1) is 14.3. The number of benzene rings is 1. The normalized spacial score (nSPS) is 11.8. The van der Waals surface area contributed by atoms with Gasteiger partial charge in [-0.05, 0) is 43.0 Å². The van der Waals surface area contributed by atoms with E-state index < -0.39 is 0 Å². The van der Waals surface area contributed by atoms with E-state index in [1.165, 1.54) is 5.56 Å². The van der Waals surface area contributed by atoms with E-state index in [9.17, 15) is 4.79 Å². The van der Waals surface area contributed by atoms with Gasteiger partial charge < -0.3 is 4.74 Å². The van der Waals surface area contributed by atoms with Crippen LogP contribution in [0.5, 0.6) is 0 Å². The maximum atomic E-state index is 12.1. The van der Waals surface area contributed by atoms with Crippen molar-refractivity contribution in [3.8, 4) is 0 Å². The Labute approximate surface area is 119 Å². The fourth-order valence-corrected chi connectivity index (χ4v) is 2.21. The number of hydrogen-bond donors (Lipinski definition) is 0. The van der Waals surface area contributed by atoms with Crippen LogP contribution in [0.2, 0.25) is 0 Å². The van der Waals surface area contributed by atoms with E-state index in [0.717, 1.165) is 18.4 Å². The van der Waals surface area contributed by atoms with Crippen LogP contribution in [0, 0.1) is 0 Å². The Morgan fingerprint density at radius 1 is 1.15 bits per heavy atom. The van der Waals surface area contributed by atoms with Gasteiger partial charge in [0.05, 0.1) is 12.5 Å². The van der Waals surface area contributed by atoms with Gasteiger partial charge in [-0.3, -0.25) is 9.78 Å². The first-order valence-electron chi connectivity index (χ1n) is 6.91.